The van der Waals surface area contributed by atoms with Gasteiger partial charge < -0.3 is 19.6 Å². The molecule has 98 valence electrons. The van der Waals surface area contributed by atoms with E-state index < -0.39 is 17.8 Å². The molecule has 2 rings (SSSR count). The van der Waals surface area contributed by atoms with Crippen LogP contribution in [0.1, 0.15) is 18.2 Å². The van der Waals surface area contributed by atoms with Gasteiger partial charge in [-0.3, -0.25) is 9.59 Å². The Balaban J connectivity index is 1.94. The number of carboxylic acids is 1. The molecule has 0 spiro atoms. The lowest BCUT2D eigenvalue weighted by atomic mass is 10.2. The van der Waals surface area contributed by atoms with E-state index in [2.05, 4.69) is 5.32 Å². The van der Waals surface area contributed by atoms with Gasteiger partial charge in [-0.25, -0.2) is 0 Å². The number of hydrogen-bond donors (Lipinski definition) is 2. The van der Waals surface area contributed by atoms with Crippen molar-refractivity contribution in [2.24, 2.45) is 11.8 Å². The third-order valence-corrected chi connectivity index (χ3v) is 2.98. The van der Waals surface area contributed by atoms with Crippen LogP contribution in [0.3, 0.4) is 0 Å². The Bertz CT molecular complexity index is 428. The molecule has 6 heteroatoms. The molecule has 18 heavy (non-hydrogen) atoms. The fourth-order valence-corrected chi connectivity index (χ4v) is 1.89. The van der Waals surface area contributed by atoms with Gasteiger partial charge in [0.25, 0.3) is 0 Å². The molecule has 1 fully saturated rings. The van der Waals surface area contributed by atoms with E-state index in [1.807, 2.05) is 0 Å². The van der Waals surface area contributed by atoms with Crippen molar-refractivity contribution in [3.05, 3.63) is 24.2 Å². The molecule has 1 aliphatic rings. The van der Waals surface area contributed by atoms with Crippen LogP contribution < -0.4 is 5.32 Å². The van der Waals surface area contributed by atoms with Crippen molar-refractivity contribution in [3.63, 3.8) is 0 Å². The maximum atomic E-state index is 11.8. The van der Waals surface area contributed by atoms with Crippen molar-refractivity contribution < 1.29 is 23.8 Å². The Morgan fingerprint density at radius 1 is 1.61 bits per heavy atom. The molecule has 0 radical (unpaired) electrons. The first-order chi connectivity index (χ1) is 8.63. The summed E-state index contributed by atoms with van der Waals surface area (Å²) in [5.74, 6) is -1.57. The number of methoxy groups -OCH3 is 1. The van der Waals surface area contributed by atoms with Gasteiger partial charge in [-0.15, -0.1) is 0 Å². The molecule has 0 saturated heterocycles. The second-order valence-electron chi connectivity index (χ2n) is 4.32. The molecule has 3 unspecified atom stereocenters. The van der Waals surface area contributed by atoms with Crippen LogP contribution in [0.4, 0.5) is 0 Å². The van der Waals surface area contributed by atoms with Crippen molar-refractivity contribution in [1.82, 2.24) is 5.32 Å². The minimum atomic E-state index is -0.920. The van der Waals surface area contributed by atoms with E-state index in [1.54, 1.807) is 12.1 Å². The highest BCUT2D eigenvalue weighted by Gasteiger charge is 2.48. The van der Waals surface area contributed by atoms with Crippen molar-refractivity contribution in [1.29, 1.82) is 0 Å². The van der Waals surface area contributed by atoms with E-state index in [1.165, 1.54) is 13.4 Å². The molecule has 3 atom stereocenters. The van der Waals surface area contributed by atoms with E-state index in [0.29, 0.717) is 12.2 Å². The molecule has 1 aliphatic carbocycles. The van der Waals surface area contributed by atoms with Gasteiger partial charge in [-0.05, 0) is 18.6 Å². The highest BCUT2D eigenvalue weighted by atomic mass is 16.5. The first-order valence-corrected chi connectivity index (χ1v) is 5.69. The summed E-state index contributed by atoms with van der Waals surface area (Å²) in [6.45, 7) is 0.281. The zero-order valence-electron chi connectivity index (χ0n) is 9.96. The minimum Gasteiger partial charge on any atom is -0.481 e. The summed E-state index contributed by atoms with van der Waals surface area (Å²) < 4.78 is 10.2. The lowest BCUT2D eigenvalue weighted by molar-refractivity contribution is -0.140. The fourth-order valence-electron chi connectivity index (χ4n) is 1.89. The monoisotopic (exact) mass is 253 g/mol. The van der Waals surface area contributed by atoms with Crippen molar-refractivity contribution in [2.75, 3.05) is 13.7 Å². The summed E-state index contributed by atoms with van der Waals surface area (Å²) in [7, 11) is 1.53. The van der Waals surface area contributed by atoms with Gasteiger partial charge in [0, 0.05) is 7.11 Å². The van der Waals surface area contributed by atoms with Crippen molar-refractivity contribution >= 4 is 11.9 Å². The Morgan fingerprint density at radius 3 is 2.89 bits per heavy atom. The van der Waals surface area contributed by atoms with Crippen molar-refractivity contribution in [3.8, 4) is 0 Å². The quantitative estimate of drug-likeness (QED) is 0.783. The van der Waals surface area contributed by atoms with Crippen LogP contribution in [0.15, 0.2) is 22.8 Å². The first kappa shape index (κ1) is 12.6. The van der Waals surface area contributed by atoms with Gasteiger partial charge in [-0.1, -0.05) is 0 Å². The topological polar surface area (TPSA) is 88.8 Å². The van der Waals surface area contributed by atoms with E-state index in [0.717, 1.165) is 0 Å². The molecule has 2 N–H and O–H groups in total. The molecular weight excluding hydrogens is 238 g/mol. The molecule has 1 aromatic heterocycles. The van der Waals surface area contributed by atoms with Crippen LogP contribution in [0.25, 0.3) is 0 Å². The van der Waals surface area contributed by atoms with Crippen LogP contribution >= 0.6 is 0 Å². The number of furan rings is 1. The SMILES string of the molecule is COCC(NC(=O)C1CC1C(=O)O)c1ccco1. The normalized spacial score (nSPS) is 23.4. The van der Waals surface area contributed by atoms with Gasteiger partial charge in [0.05, 0.1) is 24.7 Å². The molecule has 0 aliphatic heterocycles. The summed E-state index contributed by atoms with van der Waals surface area (Å²) in [6.07, 6.45) is 1.92. The number of rotatable bonds is 6. The second-order valence-corrected chi connectivity index (χ2v) is 4.32. The van der Waals surface area contributed by atoms with Crippen molar-refractivity contribution in [2.45, 2.75) is 12.5 Å². The van der Waals surface area contributed by atoms with E-state index >= 15 is 0 Å². The lowest BCUT2D eigenvalue weighted by Gasteiger charge is -2.15. The average molecular weight is 253 g/mol. The first-order valence-electron chi connectivity index (χ1n) is 5.69. The minimum absolute atomic E-state index is 0.263. The Labute approximate surface area is 104 Å². The third-order valence-electron chi connectivity index (χ3n) is 2.98. The summed E-state index contributed by atoms with van der Waals surface area (Å²) in [6, 6.07) is 3.08. The maximum Gasteiger partial charge on any atom is 0.307 e. The number of amides is 1. The molecule has 0 bridgehead atoms. The molecule has 0 aromatic carbocycles. The van der Waals surface area contributed by atoms with Crippen LogP contribution in [-0.4, -0.2) is 30.7 Å². The number of carboxylic acid groups (broad SMARTS) is 1. The third kappa shape index (κ3) is 2.70. The van der Waals surface area contributed by atoms with Gasteiger partial charge >= 0.3 is 5.97 Å². The second kappa shape index (κ2) is 5.22. The molecular formula is C12H15NO5. The van der Waals surface area contributed by atoms with E-state index in [-0.39, 0.29) is 18.6 Å². The van der Waals surface area contributed by atoms with Gasteiger partial charge in [-0.2, -0.15) is 0 Å². The highest BCUT2D eigenvalue weighted by molar-refractivity contribution is 5.89. The molecule has 1 amide bonds. The summed E-state index contributed by atoms with van der Waals surface area (Å²) in [5, 5.41) is 11.5. The van der Waals surface area contributed by atoms with Gasteiger partial charge in [0.15, 0.2) is 0 Å². The number of hydrogen-bond acceptors (Lipinski definition) is 4. The number of carbonyl (C=O) groups is 2. The Kier molecular flexibility index (Phi) is 3.66. The zero-order chi connectivity index (χ0) is 13.1. The molecule has 6 nitrogen and oxygen atoms in total. The molecule has 1 saturated carbocycles. The van der Waals surface area contributed by atoms with Gasteiger partial charge in [0.2, 0.25) is 5.91 Å². The standard InChI is InChI=1S/C12H15NO5/c1-17-6-9(10-3-2-4-18-10)13-11(14)7-5-8(7)12(15)16/h2-4,7-9H,5-6H2,1H3,(H,13,14)(H,15,16). The smallest absolute Gasteiger partial charge is 0.307 e. The summed E-state index contributed by atoms with van der Waals surface area (Å²) in [5.41, 5.74) is 0. The Hall–Kier alpha value is -1.82. The number of carbonyl (C=O) groups excluding carboxylic acids is 1. The average Bonchev–Trinajstić information content (AvgIpc) is 2.96. The Morgan fingerprint density at radius 2 is 2.39 bits per heavy atom. The zero-order valence-corrected chi connectivity index (χ0v) is 9.96. The lowest BCUT2D eigenvalue weighted by Crippen LogP contribution is -2.33. The number of nitrogens with one attached hydrogen (secondary N) is 1. The van der Waals surface area contributed by atoms with Crippen LogP contribution in [0.5, 0.6) is 0 Å². The van der Waals surface area contributed by atoms with Crippen LogP contribution in [-0.2, 0) is 14.3 Å². The number of aliphatic carboxylic acids is 1. The molecule has 1 heterocycles. The fraction of sp³-hybridized carbons (Fsp3) is 0.500. The summed E-state index contributed by atoms with van der Waals surface area (Å²) >= 11 is 0. The predicted molar refractivity (Wildman–Crippen MR) is 60.7 cm³/mol. The van der Waals surface area contributed by atoms with Gasteiger partial charge in [0.1, 0.15) is 11.8 Å². The molecule has 1 aromatic rings. The summed E-state index contributed by atoms with van der Waals surface area (Å²) in [4.78, 5) is 22.5. The maximum absolute atomic E-state index is 11.8. The highest BCUT2D eigenvalue weighted by Crippen LogP contribution is 2.39. The van der Waals surface area contributed by atoms with E-state index in [4.69, 9.17) is 14.3 Å². The predicted octanol–water partition coefficient (Wildman–Crippen LogP) is 0.804. The van der Waals surface area contributed by atoms with Crippen LogP contribution in [0.2, 0.25) is 0 Å². The van der Waals surface area contributed by atoms with E-state index in [9.17, 15) is 9.59 Å². The van der Waals surface area contributed by atoms with Crippen LogP contribution in [0, 0.1) is 11.8 Å². The number of ether oxygens (including phenoxy) is 1. The largest absolute Gasteiger partial charge is 0.481 e.